The van der Waals surface area contributed by atoms with Crippen molar-refractivity contribution in [3.8, 4) is 34.0 Å². The van der Waals surface area contributed by atoms with Crippen LogP contribution in [0.25, 0.3) is 22.5 Å². The fourth-order valence-electron chi connectivity index (χ4n) is 4.85. The molecule has 0 amide bonds. The predicted molar refractivity (Wildman–Crippen MR) is 156 cm³/mol. The molecule has 2 heterocycles. The number of methoxy groups -OCH3 is 1. The number of rotatable bonds is 8. The maximum absolute atomic E-state index is 13.5. The van der Waals surface area contributed by atoms with Crippen molar-refractivity contribution < 1.29 is 9.47 Å². The van der Waals surface area contributed by atoms with Gasteiger partial charge in [-0.25, -0.2) is 0 Å². The lowest BCUT2D eigenvalue weighted by Gasteiger charge is -2.20. The van der Waals surface area contributed by atoms with Gasteiger partial charge in [0.1, 0.15) is 0 Å². The minimum atomic E-state index is -0.761. The number of benzene rings is 3. The number of halogens is 1. The highest BCUT2D eigenvalue weighted by molar-refractivity contribution is 9.10. The third-order valence-corrected chi connectivity index (χ3v) is 7.35. The molecular weight excluding hydrogens is 560 g/mol. The molecule has 0 radical (unpaired) electrons. The zero-order valence-electron chi connectivity index (χ0n) is 22.1. The average molecular weight is 589 g/mol. The highest BCUT2D eigenvalue weighted by Gasteiger charge is 2.32. The molecule has 5 rings (SSSR count). The first-order valence-corrected chi connectivity index (χ1v) is 13.4. The molecule has 8 nitrogen and oxygen atoms in total. The first kappa shape index (κ1) is 26.4. The third-order valence-electron chi connectivity index (χ3n) is 6.76. The standard InChI is InChI=1S/C30H29BrN4O4/c1-5-39-28-21(31)14-20(15-22(28)38-4)23(24-26(32-34-29(24)36)18-10-6-16(2)7-11-18)25-27(33-35-30(25)37)19-12-8-17(3)9-13-19/h6-15,23H,5H2,1-4H3,(H2,32,34,36)(H2,33,35,37). The lowest BCUT2D eigenvalue weighted by Crippen LogP contribution is -2.20. The van der Waals surface area contributed by atoms with Gasteiger partial charge in [-0.1, -0.05) is 59.7 Å². The molecule has 3 aromatic carbocycles. The molecule has 0 bridgehead atoms. The predicted octanol–water partition coefficient (Wildman–Crippen LogP) is 6.02. The minimum Gasteiger partial charge on any atom is -0.493 e. The van der Waals surface area contributed by atoms with E-state index in [0.717, 1.165) is 22.3 Å². The Balaban J connectivity index is 1.83. The van der Waals surface area contributed by atoms with E-state index in [4.69, 9.17) is 9.47 Å². The zero-order valence-corrected chi connectivity index (χ0v) is 23.7. The molecule has 2 aromatic heterocycles. The number of hydrogen-bond acceptors (Lipinski definition) is 4. The summed E-state index contributed by atoms with van der Waals surface area (Å²) in [5.74, 6) is 0.272. The van der Waals surface area contributed by atoms with E-state index in [1.54, 1.807) is 7.11 Å². The Morgan fingerprint density at radius 1 is 0.769 bits per heavy atom. The van der Waals surface area contributed by atoms with Gasteiger partial charge >= 0.3 is 0 Å². The summed E-state index contributed by atoms with van der Waals surface area (Å²) in [4.78, 5) is 27.1. The molecule has 39 heavy (non-hydrogen) atoms. The molecule has 0 aliphatic carbocycles. The molecular formula is C30H29BrN4O4. The Morgan fingerprint density at radius 2 is 1.26 bits per heavy atom. The van der Waals surface area contributed by atoms with Crippen LogP contribution in [0.1, 0.15) is 40.7 Å². The number of aryl methyl sites for hydroxylation is 2. The molecule has 0 saturated heterocycles. The van der Waals surface area contributed by atoms with Crippen LogP contribution < -0.4 is 20.6 Å². The first-order chi connectivity index (χ1) is 18.8. The maximum Gasteiger partial charge on any atom is 0.268 e. The van der Waals surface area contributed by atoms with Crippen molar-refractivity contribution in [2.45, 2.75) is 26.7 Å². The number of aromatic nitrogens is 4. The molecule has 0 saturated carbocycles. The van der Waals surface area contributed by atoms with Gasteiger partial charge in [-0.15, -0.1) is 0 Å². The van der Waals surface area contributed by atoms with Crippen LogP contribution in [0.5, 0.6) is 11.5 Å². The van der Waals surface area contributed by atoms with E-state index < -0.39 is 5.92 Å². The number of ether oxygens (including phenoxy) is 2. The minimum absolute atomic E-state index is 0.324. The largest absolute Gasteiger partial charge is 0.493 e. The van der Waals surface area contributed by atoms with Gasteiger partial charge < -0.3 is 9.47 Å². The second kappa shape index (κ2) is 10.9. The molecule has 4 N–H and O–H groups in total. The Morgan fingerprint density at radius 3 is 1.69 bits per heavy atom. The molecule has 0 spiro atoms. The van der Waals surface area contributed by atoms with Crippen molar-refractivity contribution in [3.63, 3.8) is 0 Å². The van der Waals surface area contributed by atoms with E-state index in [1.807, 2.05) is 81.4 Å². The van der Waals surface area contributed by atoms with Gasteiger partial charge in [0, 0.05) is 5.92 Å². The highest BCUT2D eigenvalue weighted by atomic mass is 79.9. The van der Waals surface area contributed by atoms with Gasteiger partial charge in [0.2, 0.25) is 0 Å². The molecule has 0 aliphatic heterocycles. The summed E-state index contributed by atoms with van der Waals surface area (Å²) in [6.07, 6.45) is 0. The number of H-pyrrole nitrogens is 4. The van der Waals surface area contributed by atoms with Gasteiger partial charge in [0.05, 0.1) is 40.7 Å². The van der Waals surface area contributed by atoms with E-state index in [9.17, 15) is 9.59 Å². The maximum atomic E-state index is 13.5. The summed E-state index contributed by atoms with van der Waals surface area (Å²) in [6.45, 7) is 6.35. The molecule has 0 atom stereocenters. The Hall–Kier alpha value is -4.24. The fraction of sp³-hybridized carbons (Fsp3) is 0.200. The SMILES string of the molecule is CCOc1c(Br)cc(C(c2c(-c3ccc(C)cc3)[nH][nH]c2=O)c2c(-c3ccc(C)cc3)[nH][nH]c2=O)cc1OC. The molecule has 200 valence electrons. The Bertz CT molecular complexity index is 1630. The summed E-state index contributed by atoms with van der Waals surface area (Å²) < 4.78 is 12.1. The van der Waals surface area contributed by atoms with Gasteiger partial charge in [-0.05, 0) is 65.5 Å². The second-order valence-electron chi connectivity index (χ2n) is 9.37. The number of nitrogens with one attached hydrogen (secondary N) is 4. The van der Waals surface area contributed by atoms with Crippen LogP contribution in [0.15, 0.2) is 74.7 Å². The molecule has 5 aromatic rings. The topological polar surface area (TPSA) is 116 Å². The van der Waals surface area contributed by atoms with Crippen LogP contribution in [-0.4, -0.2) is 34.1 Å². The van der Waals surface area contributed by atoms with E-state index >= 15 is 0 Å². The number of hydrogen-bond donors (Lipinski definition) is 4. The van der Waals surface area contributed by atoms with E-state index in [2.05, 4.69) is 36.3 Å². The third kappa shape index (κ3) is 4.97. The molecule has 0 aliphatic rings. The van der Waals surface area contributed by atoms with Gasteiger partial charge in [-0.2, -0.15) is 0 Å². The normalized spacial score (nSPS) is 11.2. The van der Waals surface area contributed by atoms with Crippen LogP contribution in [0.4, 0.5) is 0 Å². The van der Waals surface area contributed by atoms with Gasteiger partial charge in [0.25, 0.3) is 11.1 Å². The quantitative estimate of drug-likeness (QED) is 0.177. The second-order valence-corrected chi connectivity index (χ2v) is 10.2. The van der Waals surface area contributed by atoms with Crippen molar-refractivity contribution in [1.82, 2.24) is 20.4 Å². The van der Waals surface area contributed by atoms with E-state index in [1.165, 1.54) is 0 Å². The molecule has 0 fully saturated rings. The smallest absolute Gasteiger partial charge is 0.268 e. The van der Waals surface area contributed by atoms with E-state index in [-0.39, 0.29) is 11.1 Å². The van der Waals surface area contributed by atoms with Gasteiger partial charge in [-0.3, -0.25) is 30.0 Å². The van der Waals surface area contributed by atoms with E-state index in [0.29, 0.717) is 50.7 Å². The van der Waals surface area contributed by atoms with Crippen molar-refractivity contribution in [1.29, 1.82) is 0 Å². The summed E-state index contributed by atoms with van der Waals surface area (Å²) in [5.41, 5.74) is 5.89. The lowest BCUT2D eigenvalue weighted by atomic mass is 9.83. The lowest BCUT2D eigenvalue weighted by molar-refractivity contribution is 0.308. The summed E-state index contributed by atoms with van der Waals surface area (Å²) in [7, 11) is 1.56. The summed E-state index contributed by atoms with van der Waals surface area (Å²) in [5, 5.41) is 11.6. The average Bonchev–Trinajstić information content (AvgIpc) is 3.49. The monoisotopic (exact) mass is 588 g/mol. The van der Waals surface area contributed by atoms with Crippen molar-refractivity contribution >= 4 is 15.9 Å². The highest BCUT2D eigenvalue weighted by Crippen LogP contribution is 2.43. The molecule has 0 unspecified atom stereocenters. The Kier molecular flexibility index (Phi) is 7.34. The number of aromatic amines is 4. The van der Waals surface area contributed by atoms with Crippen LogP contribution in [0, 0.1) is 13.8 Å². The van der Waals surface area contributed by atoms with Crippen LogP contribution in [0.2, 0.25) is 0 Å². The van der Waals surface area contributed by atoms with Crippen molar-refractivity contribution in [3.05, 3.63) is 114 Å². The van der Waals surface area contributed by atoms with Crippen LogP contribution >= 0.6 is 15.9 Å². The zero-order chi connectivity index (χ0) is 27.7. The fourth-order valence-corrected chi connectivity index (χ4v) is 5.42. The van der Waals surface area contributed by atoms with Crippen molar-refractivity contribution in [2.24, 2.45) is 0 Å². The van der Waals surface area contributed by atoms with Crippen LogP contribution in [0.3, 0.4) is 0 Å². The van der Waals surface area contributed by atoms with Gasteiger partial charge in [0.15, 0.2) is 11.5 Å². The summed E-state index contributed by atoms with van der Waals surface area (Å²) in [6, 6.07) is 19.4. The van der Waals surface area contributed by atoms with Crippen LogP contribution in [-0.2, 0) is 0 Å². The first-order valence-electron chi connectivity index (χ1n) is 12.6. The molecule has 9 heteroatoms. The summed E-state index contributed by atoms with van der Waals surface area (Å²) >= 11 is 3.62. The van der Waals surface area contributed by atoms with Crippen molar-refractivity contribution in [2.75, 3.05) is 13.7 Å². The Labute approximate surface area is 233 Å².